The zero-order valence-electron chi connectivity index (χ0n) is 11.3. The van der Waals surface area contributed by atoms with Crippen molar-refractivity contribution in [3.63, 3.8) is 0 Å². The van der Waals surface area contributed by atoms with Crippen LogP contribution < -0.4 is 4.74 Å². The minimum absolute atomic E-state index is 0.0716. The number of Topliss-reactive ketones (excluding diaryl/α,β-unsaturated/α-hetero) is 1. The Morgan fingerprint density at radius 3 is 2.95 bits per heavy atom. The Labute approximate surface area is 123 Å². The van der Waals surface area contributed by atoms with Gasteiger partial charge in [-0.05, 0) is 30.2 Å². The lowest BCUT2D eigenvalue weighted by atomic mass is 10.0. The summed E-state index contributed by atoms with van der Waals surface area (Å²) >= 11 is 1.68. The van der Waals surface area contributed by atoms with Gasteiger partial charge in [0.1, 0.15) is 5.75 Å². The largest absolute Gasteiger partial charge is 0.480 e. The average molecular weight is 284 g/mol. The molecule has 1 unspecified atom stereocenters. The van der Waals surface area contributed by atoms with Crippen LogP contribution in [-0.2, 0) is 6.42 Å². The molecule has 0 radical (unpaired) electrons. The van der Waals surface area contributed by atoms with E-state index >= 15 is 0 Å². The highest BCUT2D eigenvalue weighted by Crippen LogP contribution is 2.35. The molecular formula is C17H16O2S. The molecule has 0 amide bonds. The van der Waals surface area contributed by atoms with E-state index in [2.05, 4.69) is 6.92 Å². The summed E-state index contributed by atoms with van der Waals surface area (Å²) in [4.78, 5) is 13.6. The Balaban J connectivity index is 1.82. The number of benzene rings is 2. The van der Waals surface area contributed by atoms with Crippen LogP contribution in [0.2, 0.25) is 0 Å². The number of hydrogen-bond donors (Lipinski definition) is 0. The number of aryl methyl sites for hydroxylation is 1. The van der Waals surface area contributed by atoms with E-state index in [-0.39, 0.29) is 11.9 Å². The van der Waals surface area contributed by atoms with Crippen LogP contribution in [0.1, 0.15) is 22.8 Å². The second-order valence-corrected chi connectivity index (χ2v) is 5.84. The fraction of sp³-hybridized carbons (Fsp3) is 0.235. The van der Waals surface area contributed by atoms with E-state index in [0.717, 1.165) is 22.6 Å². The number of ketones is 1. The first-order valence-corrected chi connectivity index (χ1v) is 7.78. The van der Waals surface area contributed by atoms with Gasteiger partial charge in [0, 0.05) is 16.2 Å². The molecule has 0 saturated heterocycles. The number of hydrogen-bond acceptors (Lipinski definition) is 3. The Morgan fingerprint density at radius 2 is 2.10 bits per heavy atom. The first-order valence-electron chi connectivity index (χ1n) is 6.79. The number of carbonyl (C=O) groups excluding carboxylic acids is 1. The van der Waals surface area contributed by atoms with Gasteiger partial charge in [-0.15, -0.1) is 11.8 Å². The molecule has 102 valence electrons. The Hall–Kier alpha value is -1.74. The SMILES string of the molecule is CCc1cccc(C(=O)C2CSc3ccccc3O2)c1. The molecular weight excluding hydrogens is 268 g/mol. The van der Waals surface area contributed by atoms with Crippen molar-refractivity contribution in [1.29, 1.82) is 0 Å². The number of carbonyl (C=O) groups is 1. The molecule has 0 bridgehead atoms. The average Bonchev–Trinajstić information content (AvgIpc) is 2.53. The van der Waals surface area contributed by atoms with Gasteiger partial charge < -0.3 is 4.74 Å². The van der Waals surface area contributed by atoms with Crippen LogP contribution in [0.25, 0.3) is 0 Å². The van der Waals surface area contributed by atoms with Crippen molar-refractivity contribution in [2.75, 3.05) is 5.75 Å². The van der Waals surface area contributed by atoms with Gasteiger partial charge in [-0.25, -0.2) is 0 Å². The Morgan fingerprint density at radius 1 is 1.25 bits per heavy atom. The predicted molar refractivity (Wildman–Crippen MR) is 81.7 cm³/mol. The summed E-state index contributed by atoms with van der Waals surface area (Å²) in [5.41, 5.74) is 1.93. The summed E-state index contributed by atoms with van der Waals surface area (Å²) < 4.78 is 5.85. The van der Waals surface area contributed by atoms with Crippen molar-refractivity contribution in [3.05, 3.63) is 59.7 Å². The zero-order chi connectivity index (χ0) is 13.9. The van der Waals surface area contributed by atoms with Crippen LogP contribution >= 0.6 is 11.8 Å². The van der Waals surface area contributed by atoms with E-state index in [9.17, 15) is 4.79 Å². The first-order chi connectivity index (χ1) is 9.78. The maximum absolute atomic E-state index is 12.5. The molecule has 0 N–H and O–H groups in total. The van der Waals surface area contributed by atoms with E-state index in [1.165, 1.54) is 5.56 Å². The van der Waals surface area contributed by atoms with Crippen LogP contribution in [-0.4, -0.2) is 17.6 Å². The van der Waals surface area contributed by atoms with E-state index in [1.54, 1.807) is 11.8 Å². The molecule has 0 aromatic heterocycles. The third kappa shape index (κ3) is 2.59. The lowest BCUT2D eigenvalue weighted by Crippen LogP contribution is -2.32. The van der Waals surface area contributed by atoms with E-state index in [4.69, 9.17) is 4.74 Å². The van der Waals surface area contributed by atoms with Gasteiger partial charge in [-0.2, -0.15) is 0 Å². The van der Waals surface area contributed by atoms with Crippen molar-refractivity contribution < 1.29 is 9.53 Å². The van der Waals surface area contributed by atoms with Crippen LogP contribution in [0.15, 0.2) is 53.4 Å². The molecule has 0 fully saturated rings. The monoisotopic (exact) mass is 284 g/mol. The van der Waals surface area contributed by atoms with Gasteiger partial charge >= 0.3 is 0 Å². The predicted octanol–water partition coefficient (Wildman–Crippen LogP) is 3.99. The fourth-order valence-electron chi connectivity index (χ4n) is 2.28. The smallest absolute Gasteiger partial charge is 0.204 e. The molecule has 3 heteroatoms. The van der Waals surface area contributed by atoms with Crippen LogP contribution in [0.3, 0.4) is 0 Å². The topological polar surface area (TPSA) is 26.3 Å². The lowest BCUT2D eigenvalue weighted by Gasteiger charge is -2.24. The maximum atomic E-state index is 12.5. The number of para-hydroxylation sites is 1. The molecule has 1 atom stereocenters. The molecule has 2 nitrogen and oxygen atoms in total. The van der Waals surface area contributed by atoms with Crippen LogP contribution in [0, 0.1) is 0 Å². The highest BCUT2D eigenvalue weighted by molar-refractivity contribution is 7.99. The third-order valence-corrected chi connectivity index (χ3v) is 4.54. The number of ether oxygens (including phenoxy) is 1. The summed E-state index contributed by atoms with van der Waals surface area (Å²) in [6.07, 6.45) is 0.548. The molecule has 20 heavy (non-hydrogen) atoms. The maximum Gasteiger partial charge on any atom is 0.204 e. The van der Waals surface area contributed by atoms with Gasteiger partial charge in [-0.1, -0.05) is 37.3 Å². The van der Waals surface area contributed by atoms with Crippen molar-refractivity contribution in [3.8, 4) is 5.75 Å². The minimum atomic E-state index is -0.387. The summed E-state index contributed by atoms with van der Waals surface area (Å²) in [7, 11) is 0. The normalized spacial score (nSPS) is 17.1. The third-order valence-electron chi connectivity index (χ3n) is 3.42. The quantitative estimate of drug-likeness (QED) is 0.797. The molecule has 1 heterocycles. The van der Waals surface area contributed by atoms with Crippen molar-refractivity contribution in [2.24, 2.45) is 0 Å². The summed E-state index contributed by atoms with van der Waals surface area (Å²) in [6.45, 7) is 2.09. The Bertz CT molecular complexity index is 636. The first kappa shape index (κ1) is 13.3. The highest BCUT2D eigenvalue weighted by atomic mass is 32.2. The molecule has 3 rings (SSSR count). The summed E-state index contributed by atoms with van der Waals surface area (Å²) in [5, 5.41) is 0. The van der Waals surface area contributed by atoms with Crippen LogP contribution in [0.5, 0.6) is 5.75 Å². The van der Waals surface area contributed by atoms with E-state index in [1.807, 2.05) is 48.5 Å². The molecule has 1 aliphatic rings. The fourth-order valence-corrected chi connectivity index (χ4v) is 3.26. The van der Waals surface area contributed by atoms with Gasteiger partial charge in [0.25, 0.3) is 0 Å². The van der Waals surface area contributed by atoms with Crippen molar-refractivity contribution in [2.45, 2.75) is 24.3 Å². The lowest BCUT2D eigenvalue weighted by molar-refractivity contribution is 0.0815. The van der Waals surface area contributed by atoms with Crippen LogP contribution in [0.4, 0.5) is 0 Å². The zero-order valence-corrected chi connectivity index (χ0v) is 12.2. The number of fused-ring (bicyclic) bond motifs is 1. The van der Waals surface area contributed by atoms with Gasteiger partial charge in [-0.3, -0.25) is 4.79 Å². The highest BCUT2D eigenvalue weighted by Gasteiger charge is 2.27. The second-order valence-electron chi connectivity index (χ2n) is 4.78. The van der Waals surface area contributed by atoms with E-state index < -0.39 is 0 Å². The van der Waals surface area contributed by atoms with Gasteiger partial charge in [0.15, 0.2) is 6.10 Å². The summed E-state index contributed by atoms with van der Waals surface area (Å²) in [6, 6.07) is 15.7. The molecule has 1 aliphatic heterocycles. The van der Waals surface area contributed by atoms with Gasteiger partial charge in [0.05, 0.1) is 0 Å². The molecule has 0 saturated carbocycles. The van der Waals surface area contributed by atoms with Crippen molar-refractivity contribution in [1.82, 2.24) is 0 Å². The molecule has 2 aromatic rings. The molecule has 2 aromatic carbocycles. The number of rotatable bonds is 3. The standard InChI is InChI=1S/C17H16O2S/c1-2-12-6-5-7-13(10-12)17(18)15-11-20-16-9-4-3-8-14(16)19-15/h3-10,15H,2,11H2,1H3. The Kier molecular flexibility index (Phi) is 3.79. The van der Waals surface area contributed by atoms with E-state index in [0.29, 0.717) is 5.75 Å². The number of thioether (sulfide) groups is 1. The van der Waals surface area contributed by atoms with Crippen molar-refractivity contribution >= 4 is 17.5 Å². The summed E-state index contributed by atoms with van der Waals surface area (Å²) in [5.74, 6) is 1.56. The second kappa shape index (κ2) is 5.71. The minimum Gasteiger partial charge on any atom is -0.480 e. The molecule has 0 spiro atoms. The van der Waals surface area contributed by atoms with Gasteiger partial charge in [0.2, 0.25) is 5.78 Å². The molecule has 0 aliphatic carbocycles.